The number of rotatable bonds is 9. The second-order valence-electron chi connectivity index (χ2n) is 10.7. The highest BCUT2D eigenvalue weighted by atomic mass is 16.5. The van der Waals surface area contributed by atoms with Gasteiger partial charge in [0.15, 0.2) is 11.5 Å². The second-order valence-corrected chi connectivity index (χ2v) is 10.7. The van der Waals surface area contributed by atoms with Gasteiger partial charge in [0.2, 0.25) is 5.69 Å². The third-order valence-electron chi connectivity index (χ3n) is 7.53. The number of Topliss-reactive ketones (excluding diaryl/α,β-unsaturated/α-hetero) is 1. The molecule has 5 rings (SSSR count). The molecule has 2 aliphatic rings. The van der Waals surface area contributed by atoms with Gasteiger partial charge in [0, 0.05) is 57.9 Å². The van der Waals surface area contributed by atoms with Crippen molar-refractivity contribution in [3.05, 3.63) is 83.3 Å². The maximum absolute atomic E-state index is 13.5. The standard InChI is InChI=1S/C31H32N2O4/c1-20(2)13-14-33-26-12-8-6-10-24(26)31(3,4)27(33)17-22-29(35)28(30(22)36)23-18-32(15-16-37-19-34)25-11-7-5-9-21(23)25/h5-12,17-20H,13-16H2,1-4H3. The summed E-state index contributed by atoms with van der Waals surface area (Å²) in [7, 11) is 0. The molecule has 0 radical (unpaired) electrons. The van der Waals surface area contributed by atoms with Gasteiger partial charge < -0.3 is 14.4 Å². The summed E-state index contributed by atoms with van der Waals surface area (Å²) in [5, 5.41) is 14.3. The van der Waals surface area contributed by atoms with Crippen molar-refractivity contribution < 1.29 is 24.0 Å². The zero-order chi connectivity index (χ0) is 26.3. The van der Waals surface area contributed by atoms with Gasteiger partial charge in [-0.2, -0.15) is 4.58 Å². The van der Waals surface area contributed by atoms with Crippen LogP contribution in [0, 0.1) is 5.92 Å². The molecule has 3 aromatic rings. The third kappa shape index (κ3) is 4.10. The fraction of sp³-hybridized carbons (Fsp3) is 0.323. The number of allylic oxidation sites excluding steroid dienone is 3. The molecule has 37 heavy (non-hydrogen) atoms. The quantitative estimate of drug-likeness (QED) is 0.189. The van der Waals surface area contributed by atoms with Crippen LogP contribution in [0.15, 0.2) is 72.1 Å². The lowest BCUT2D eigenvalue weighted by Gasteiger charge is -2.30. The Balaban J connectivity index is 1.58. The van der Waals surface area contributed by atoms with Gasteiger partial charge in [0.25, 0.3) is 6.47 Å². The molecule has 0 saturated carbocycles. The number of benzene rings is 2. The van der Waals surface area contributed by atoms with E-state index in [1.54, 1.807) is 0 Å². The molecule has 0 saturated heterocycles. The lowest BCUT2D eigenvalue weighted by Crippen LogP contribution is -2.33. The van der Waals surface area contributed by atoms with E-state index in [4.69, 9.17) is 4.74 Å². The Morgan fingerprint density at radius 3 is 2.57 bits per heavy atom. The summed E-state index contributed by atoms with van der Waals surface area (Å²) in [5.41, 5.74) is 4.98. The zero-order valence-corrected chi connectivity index (χ0v) is 21.8. The Bertz CT molecular complexity index is 1500. The van der Waals surface area contributed by atoms with Crippen LogP contribution in [-0.4, -0.2) is 40.3 Å². The van der Waals surface area contributed by atoms with Crippen molar-refractivity contribution in [3.8, 4) is 0 Å². The Morgan fingerprint density at radius 2 is 1.84 bits per heavy atom. The molecular formula is C31H32N2O4. The average Bonchev–Trinajstić information content (AvgIpc) is 3.33. The molecule has 1 aliphatic carbocycles. The van der Waals surface area contributed by atoms with Crippen molar-refractivity contribution in [2.75, 3.05) is 13.2 Å². The molecule has 6 heteroatoms. The summed E-state index contributed by atoms with van der Waals surface area (Å²) in [5.74, 6) is 0.0890. The van der Waals surface area contributed by atoms with Gasteiger partial charge in [0.05, 0.1) is 12.0 Å². The van der Waals surface area contributed by atoms with Crippen LogP contribution in [0.5, 0.6) is 0 Å². The number of ether oxygens (including phenoxy) is 1. The Kier molecular flexibility index (Phi) is 6.36. The van der Waals surface area contributed by atoms with Gasteiger partial charge in [-0.05, 0) is 25.8 Å². The molecule has 1 aromatic heterocycles. The largest absolute Gasteiger partial charge is 0.871 e. The number of carbonyl (C=O) groups is 2. The smallest absolute Gasteiger partial charge is 0.293 e. The maximum Gasteiger partial charge on any atom is 0.293 e. The average molecular weight is 497 g/mol. The van der Waals surface area contributed by atoms with Gasteiger partial charge in [-0.25, -0.2) is 0 Å². The van der Waals surface area contributed by atoms with Crippen LogP contribution in [0.2, 0.25) is 0 Å². The first-order valence-electron chi connectivity index (χ1n) is 12.8. The lowest BCUT2D eigenvalue weighted by atomic mass is 9.77. The summed E-state index contributed by atoms with van der Waals surface area (Å²) < 4.78 is 9.06. The van der Waals surface area contributed by atoms with Crippen molar-refractivity contribution in [3.63, 3.8) is 0 Å². The minimum atomic E-state index is -0.328. The van der Waals surface area contributed by atoms with Crippen molar-refractivity contribution in [1.82, 2.24) is 4.57 Å². The molecule has 0 fully saturated rings. The lowest BCUT2D eigenvalue weighted by molar-refractivity contribution is -0.439. The van der Waals surface area contributed by atoms with Crippen LogP contribution in [0.3, 0.4) is 0 Å². The highest BCUT2D eigenvalue weighted by Gasteiger charge is 2.45. The molecule has 2 heterocycles. The Hall–Kier alpha value is -3.93. The van der Waals surface area contributed by atoms with Crippen LogP contribution >= 0.6 is 0 Å². The molecule has 0 unspecified atom stereocenters. The monoisotopic (exact) mass is 496 g/mol. The van der Waals surface area contributed by atoms with E-state index < -0.39 is 0 Å². The summed E-state index contributed by atoms with van der Waals surface area (Å²) >= 11 is 0. The number of aromatic nitrogens is 1. The number of para-hydroxylation sites is 2. The number of nitrogens with zero attached hydrogens (tertiary/aromatic N) is 2. The second kappa shape index (κ2) is 9.51. The van der Waals surface area contributed by atoms with Gasteiger partial charge in [-0.3, -0.25) is 9.59 Å². The number of ketones is 1. The first-order valence-corrected chi connectivity index (χ1v) is 12.8. The molecule has 2 aromatic carbocycles. The molecule has 0 spiro atoms. The minimum absolute atomic E-state index is 0.212. The van der Waals surface area contributed by atoms with Gasteiger partial charge in [-0.15, -0.1) is 0 Å². The van der Waals surface area contributed by atoms with Crippen molar-refractivity contribution in [2.24, 2.45) is 5.92 Å². The van der Waals surface area contributed by atoms with Crippen LogP contribution in [0.4, 0.5) is 5.69 Å². The molecule has 0 amide bonds. The van der Waals surface area contributed by atoms with E-state index in [1.165, 1.54) is 5.56 Å². The summed E-state index contributed by atoms with van der Waals surface area (Å²) in [4.78, 5) is 24.1. The van der Waals surface area contributed by atoms with E-state index in [1.807, 2.05) is 53.2 Å². The molecular weight excluding hydrogens is 464 g/mol. The first-order chi connectivity index (χ1) is 17.8. The third-order valence-corrected chi connectivity index (χ3v) is 7.53. The van der Waals surface area contributed by atoms with E-state index in [2.05, 4.69) is 44.4 Å². The number of hydrogen-bond donors (Lipinski definition) is 0. The molecule has 190 valence electrons. The fourth-order valence-electron chi connectivity index (χ4n) is 5.48. The number of carbonyl (C=O) groups excluding carboxylic acids is 2. The van der Waals surface area contributed by atoms with E-state index in [0.717, 1.165) is 35.3 Å². The van der Waals surface area contributed by atoms with Crippen LogP contribution in [0.25, 0.3) is 16.5 Å². The van der Waals surface area contributed by atoms with Crippen LogP contribution in [0.1, 0.15) is 45.2 Å². The van der Waals surface area contributed by atoms with Crippen LogP contribution in [-0.2, 0) is 26.3 Å². The predicted molar refractivity (Wildman–Crippen MR) is 143 cm³/mol. The summed E-state index contributed by atoms with van der Waals surface area (Å²) in [6, 6.07) is 16.0. The zero-order valence-electron chi connectivity index (χ0n) is 21.8. The molecule has 1 aliphatic heterocycles. The fourth-order valence-corrected chi connectivity index (χ4v) is 5.48. The number of hydrogen-bond acceptors (Lipinski definition) is 4. The Morgan fingerprint density at radius 1 is 1.11 bits per heavy atom. The highest BCUT2D eigenvalue weighted by Crippen LogP contribution is 2.43. The van der Waals surface area contributed by atoms with Gasteiger partial charge in [-0.1, -0.05) is 56.0 Å². The van der Waals surface area contributed by atoms with Gasteiger partial charge >= 0.3 is 0 Å². The SMILES string of the molecule is CC(C)CC[N+]1=C(/C=C2\C(=O)C(c3cn(CCOC=O)c4ccccc34)=C2[O-])C(C)(C)c2ccccc21. The van der Waals surface area contributed by atoms with E-state index in [0.29, 0.717) is 24.5 Å². The van der Waals surface area contributed by atoms with Gasteiger partial charge in [0.1, 0.15) is 13.2 Å². The molecule has 0 N–H and O–H groups in total. The Labute approximate surface area is 217 Å². The van der Waals surface area contributed by atoms with Crippen LogP contribution < -0.4 is 5.11 Å². The highest BCUT2D eigenvalue weighted by molar-refractivity contribution is 6.41. The van der Waals surface area contributed by atoms with E-state index in [-0.39, 0.29) is 34.7 Å². The van der Waals surface area contributed by atoms with Crippen molar-refractivity contribution in [2.45, 2.75) is 46.1 Å². The molecule has 0 bridgehead atoms. The molecule has 0 atom stereocenters. The van der Waals surface area contributed by atoms with E-state index in [9.17, 15) is 14.7 Å². The maximum atomic E-state index is 13.5. The topological polar surface area (TPSA) is 74.4 Å². The molecule has 6 nitrogen and oxygen atoms in total. The minimum Gasteiger partial charge on any atom is -0.871 e. The summed E-state index contributed by atoms with van der Waals surface area (Å²) in [6.45, 7) is 10.6. The first kappa shape index (κ1) is 24.8. The van der Waals surface area contributed by atoms with Crippen molar-refractivity contribution in [1.29, 1.82) is 0 Å². The predicted octanol–water partition coefficient (Wildman–Crippen LogP) is 4.52. The normalized spacial score (nSPS) is 17.6. The number of fused-ring (bicyclic) bond motifs is 2. The van der Waals surface area contributed by atoms with E-state index >= 15 is 0 Å². The summed E-state index contributed by atoms with van der Waals surface area (Å²) in [6.07, 6.45) is 4.65. The van der Waals surface area contributed by atoms with Crippen molar-refractivity contribution >= 4 is 40.1 Å².